The number of aromatic nitrogens is 4. The van der Waals surface area contributed by atoms with Crippen LogP contribution in [-0.4, -0.2) is 33.6 Å². The Labute approximate surface area is 171 Å². The number of hydrogen-bond donors (Lipinski definition) is 2. The van der Waals surface area contributed by atoms with Crippen molar-refractivity contribution >= 4 is 38.4 Å². The van der Waals surface area contributed by atoms with Gasteiger partial charge in [0.15, 0.2) is 11.5 Å². The molecule has 0 fully saturated rings. The van der Waals surface area contributed by atoms with E-state index in [-0.39, 0.29) is 0 Å². The first-order chi connectivity index (χ1) is 14.3. The minimum atomic E-state index is 0.664. The molecule has 5 rings (SSSR count). The molecule has 7 heteroatoms. The van der Waals surface area contributed by atoms with Crippen molar-refractivity contribution in [1.82, 2.24) is 19.9 Å². The number of aromatic amines is 1. The molecule has 0 aliphatic heterocycles. The summed E-state index contributed by atoms with van der Waals surface area (Å²) in [6, 6.07) is 16.4. The van der Waals surface area contributed by atoms with E-state index in [2.05, 4.69) is 56.0 Å². The molecule has 144 valence electrons. The number of thiophene rings is 1. The third-order valence-corrected chi connectivity index (χ3v) is 5.85. The second-order valence-electron chi connectivity index (χ2n) is 6.68. The van der Waals surface area contributed by atoms with Gasteiger partial charge in [0.2, 0.25) is 0 Å². The molecule has 0 saturated heterocycles. The number of hydrogen-bond acceptors (Lipinski definition) is 6. The van der Waals surface area contributed by atoms with Gasteiger partial charge in [0.1, 0.15) is 23.4 Å². The molecule has 0 amide bonds. The van der Waals surface area contributed by atoms with Crippen LogP contribution < -0.4 is 10.1 Å². The first kappa shape index (κ1) is 17.6. The predicted molar refractivity (Wildman–Crippen MR) is 118 cm³/mol. The number of ether oxygens (including phenoxy) is 1. The van der Waals surface area contributed by atoms with Crippen LogP contribution in [0.25, 0.3) is 32.6 Å². The van der Waals surface area contributed by atoms with E-state index in [1.54, 1.807) is 24.8 Å². The average molecular weight is 401 g/mol. The van der Waals surface area contributed by atoms with Gasteiger partial charge in [0, 0.05) is 27.6 Å². The molecule has 0 aliphatic rings. The molecule has 0 aliphatic carbocycles. The summed E-state index contributed by atoms with van der Waals surface area (Å²) in [7, 11) is 1.68. The molecule has 5 aromatic rings. The fourth-order valence-corrected chi connectivity index (χ4v) is 4.31. The van der Waals surface area contributed by atoms with Gasteiger partial charge in [-0.15, -0.1) is 11.3 Å². The Morgan fingerprint density at radius 2 is 1.93 bits per heavy atom. The van der Waals surface area contributed by atoms with Gasteiger partial charge in [-0.25, -0.2) is 15.0 Å². The van der Waals surface area contributed by atoms with Gasteiger partial charge in [-0.2, -0.15) is 0 Å². The maximum atomic E-state index is 5.21. The molecule has 0 saturated carbocycles. The fraction of sp³-hybridized carbons (Fsp3) is 0.136. The van der Waals surface area contributed by atoms with Crippen molar-refractivity contribution in [2.75, 3.05) is 19.0 Å². The van der Waals surface area contributed by atoms with Gasteiger partial charge >= 0.3 is 0 Å². The van der Waals surface area contributed by atoms with E-state index in [0.29, 0.717) is 5.65 Å². The lowest BCUT2D eigenvalue weighted by Crippen LogP contribution is -2.07. The second kappa shape index (κ2) is 7.52. The maximum absolute atomic E-state index is 5.21. The van der Waals surface area contributed by atoms with Crippen molar-refractivity contribution in [3.8, 4) is 17.1 Å². The number of methoxy groups -OCH3 is 1. The van der Waals surface area contributed by atoms with Crippen LogP contribution in [0.2, 0.25) is 0 Å². The van der Waals surface area contributed by atoms with Gasteiger partial charge in [0.25, 0.3) is 0 Å². The molecule has 0 radical (unpaired) electrons. The molecule has 2 aromatic carbocycles. The normalized spacial score (nSPS) is 11.2. The lowest BCUT2D eigenvalue weighted by atomic mass is 10.1. The highest BCUT2D eigenvalue weighted by atomic mass is 32.1. The molecule has 2 N–H and O–H groups in total. The van der Waals surface area contributed by atoms with E-state index in [9.17, 15) is 0 Å². The molecular weight excluding hydrogens is 382 g/mol. The number of rotatable bonds is 6. The van der Waals surface area contributed by atoms with Gasteiger partial charge in [-0.1, -0.05) is 30.3 Å². The van der Waals surface area contributed by atoms with Crippen LogP contribution in [0.15, 0.2) is 60.2 Å². The number of anilines is 1. The van der Waals surface area contributed by atoms with Gasteiger partial charge in [-0.05, 0) is 30.2 Å². The quantitative estimate of drug-likeness (QED) is 0.423. The maximum Gasteiger partial charge on any atom is 0.183 e. The van der Waals surface area contributed by atoms with Crippen LogP contribution in [0.1, 0.15) is 5.56 Å². The topological polar surface area (TPSA) is 75.7 Å². The van der Waals surface area contributed by atoms with E-state index < -0.39 is 0 Å². The summed E-state index contributed by atoms with van der Waals surface area (Å²) in [6.07, 6.45) is 2.43. The SMILES string of the molecule is COc1ccc(CCNc2ncnc3nc(-c4csc5ccccc45)[nH]c23)cc1. The zero-order valence-electron chi connectivity index (χ0n) is 15.8. The van der Waals surface area contributed by atoms with Crippen LogP contribution in [0.3, 0.4) is 0 Å². The van der Waals surface area contributed by atoms with Gasteiger partial charge in [0.05, 0.1) is 7.11 Å². The highest BCUT2D eigenvalue weighted by Gasteiger charge is 2.14. The molecule has 0 bridgehead atoms. The van der Waals surface area contributed by atoms with Gasteiger partial charge in [-0.3, -0.25) is 0 Å². The molecule has 0 atom stereocenters. The van der Waals surface area contributed by atoms with Crippen LogP contribution in [0.4, 0.5) is 5.82 Å². The molecule has 3 heterocycles. The van der Waals surface area contributed by atoms with Crippen molar-refractivity contribution in [1.29, 1.82) is 0 Å². The minimum Gasteiger partial charge on any atom is -0.497 e. The zero-order valence-corrected chi connectivity index (χ0v) is 16.7. The number of benzene rings is 2. The molecule has 29 heavy (non-hydrogen) atoms. The summed E-state index contributed by atoms with van der Waals surface area (Å²) in [5, 5.41) is 6.73. The summed E-state index contributed by atoms with van der Waals surface area (Å²) in [6.45, 7) is 0.758. The van der Waals surface area contributed by atoms with E-state index in [1.165, 1.54) is 15.6 Å². The van der Waals surface area contributed by atoms with Crippen molar-refractivity contribution in [3.63, 3.8) is 0 Å². The fourth-order valence-electron chi connectivity index (χ4n) is 3.37. The Morgan fingerprint density at radius 1 is 1.07 bits per heavy atom. The van der Waals surface area contributed by atoms with Crippen molar-refractivity contribution in [2.24, 2.45) is 0 Å². The van der Waals surface area contributed by atoms with Crippen LogP contribution in [0, 0.1) is 0 Å². The van der Waals surface area contributed by atoms with E-state index in [0.717, 1.165) is 41.4 Å². The predicted octanol–water partition coefficient (Wildman–Crippen LogP) is 4.90. The smallest absolute Gasteiger partial charge is 0.183 e. The van der Waals surface area contributed by atoms with Gasteiger partial charge < -0.3 is 15.0 Å². The van der Waals surface area contributed by atoms with Crippen molar-refractivity contribution < 1.29 is 4.74 Å². The number of imidazole rings is 1. The van der Waals surface area contributed by atoms with Crippen LogP contribution in [-0.2, 0) is 6.42 Å². The summed E-state index contributed by atoms with van der Waals surface area (Å²) >= 11 is 1.72. The first-order valence-corrected chi connectivity index (χ1v) is 10.2. The minimum absolute atomic E-state index is 0.664. The summed E-state index contributed by atoms with van der Waals surface area (Å²) in [4.78, 5) is 16.9. The highest BCUT2D eigenvalue weighted by molar-refractivity contribution is 7.17. The zero-order chi connectivity index (χ0) is 19.6. The van der Waals surface area contributed by atoms with E-state index >= 15 is 0 Å². The molecule has 0 unspecified atom stereocenters. The molecule has 0 spiro atoms. The Morgan fingerprint density at radius 3 is 2.79 bits per heavy atom. The first-order valence-electron chi connectivity index (χ1n) is 9.36. The molecule has 6 nitrogen and oxygen atoms in total. The summed E-state index contributed by atoms with van der Waals surface area (Å²) in [5.74, 6) is 2.45. The van der Waals surface area contributed by atoms with Crippen molar-refractivity contribution in [2.45, 2.75) is 6.42 Å². The standard InChI is InChI=1S/C22H19N5OS/c1-28-15-8-6-14(7-9-15)10-11-23-21-19-22(25-13-24-21)27-20(26-19)17-12-29-18-5-3-2-4-16(17)18/h2-9,12-13H,10-11H2,1H3,(H2,23,24,25,26,27). The Bertz CT molecular complexity index is 1280. The third-order valence-electron chi connectivity index (χ3n) is 4.89. The number of H-pyrrole nitrogens is 1. The Kier molecular flexibility index (Phi) is 4.57. The highest BCUT2D eigenvalue weighted by Crippen LogP contribution is 2.33. The number of fused-ring (bicyclic) bond motifs is 2. The largest absolute Gasteiger partial charge is 0.497 e. The number of nitrogens with one attached hydrogen (secondary N) is 2. The Hall–Kier alpha value is -3.45. The molecular formula is C22H19N5OS. The van der Waals surface area contributed by atoms with E-state index in [4.69, 9.17) is 9.72 Å². The van der Waals surface area contributed by atoms with E-state index in [1.807, 2.05) is 18.2 Å². The molecule has 3 aromatic heterocycles. The second-order valence-corrected chi connectivity index (χ2v) is 7.59. The lowest BCUT2D eigenvalue weighted by Gasteiger charge is -2.06. The summed E-state index contributed by atoms with van der Waals surface area (Å²) in [5.41, 5.74) is 3.82. The van der Waals surface area contributed by atoms with Crippen molar-refractivity contribution in [3.05, 3.63) is 65.8 Å². The third kappa shape index (κ3) is 3.40. The average Bonchev–Trinajstić information content (AvgIpc) is 3.38. The number of nitrogens with zero attached hydrogens (tertiary/aromatic N) is 3. The van der Waals surface area contributed by atoms with Crippen LogP contribution >= 0.6 is 11.3 Å². The lowest BCUT2D eigenvalue weighted by molar-refractivity contribution is 0.414. The monoisotopic (exact) mass is 401 g/mol. The summed E-state index contributed by atoms with van der Waals surface area (Å²) < 4.78 is 6.45. The Balaban J connectivity index is 1.38. The van der Waals surface area contributed by atoms with Crippen LogP contribution in [0.5, 0.6) is 5.75 Å².